The summed E-state index contributed by atoms with van der Waals surface area (Å²) in [4.78, 5) is 22.1. The van der Waals surface area contributed by atoms with Gasteiger partial charge in [-0.25, -0.2) is 9.78 Å². The number of imidazole rings is 1. The predicted octanol–water partition coefficient (Wildman–Crippen LogP) is 5.31. The number of halogens is 1. The zero-order chi connectivity index (χ0) is 20.5. The molecule has 0 spiro atoms. The van der Waals surface area contributed by atoms with Crippen molar-refractivity contribution in [3.05, 3.63) is 45.2 Å². The lowest BCUT2D eigenvalue weighted by Crippen LogP contribution is -2.38. The third kappa shape index (κ3) is 5.03. The molecule has 2 heterocycles. The summed E-state index contributed by atoms with van der Waals surface area (Å²) in [5.41, 5.74) is 5.29. The highest BCUT2D eigenvalue weighted by atomic mass is 35.5. The maximum atomic E-state index is 12.5. The third-order valence-electron chi connectivity index (χ3n) is 4.87. The van der Waals surface area contributed by atoms with Crippen molar-refractivity contribution in [1.82, 2.24) is 14.9 Å². The van der Waals surface area contributed by atoms with Crippen LogP contribution in [0.5, 0.6) is 0 Å². The summed E-state index contributed by atoms with van der Waals surface area (Å²) < 4.78 is 5.55. The van der Waals surface area contributed by atoms with E-state index in [1.807, 2.05) is 40.7 Å². The average Bonchev–Trinajstić information content (AvgIpc) is 2.80. The van der Waals surface area contributed by atoms with Gasteiger partial charge in [0.2, 0.25) is 0 Å². The van der Waals surface area contributed by atoms with Gasteiger partial charge in [-0.05, 0) is 70.2 Å². The van der Waals surface area contributed by atoms with Crippen molar-refractivity contribution >= 4 is 29.5 Å². The fraction of sp³-hybridized carbons (Fsp3) is 0.524. The van der Waals surface area contributed by atoms with E-state index in [4.69, 9.17) is 16.3 Å². The second-order valence-electron chi connectivity index (χ2n) is 8.17. The Morgan fingerprint density at radius 2 is 2.00 bits per heavy atom. The van der Waals surface area contributed by atoms with Gasteiger partial charge in [0.05, 0.1) is 5.69 Å². The van der Waals surface area contributed by atoms with E-state index < -0.39 is 5.60 Å². The molecule has 0 fully saturated rings. The molecule has 28 heavy (non-hydrogen) atoms. The molecule has 3 rings (SSSR count). The summed E-state index contributed by atoms with van der Waals surface area (Å²) >= 11 is 8.22. The molecule has 7 heteroatoms. The van der Waals surface area contributed by atoms with E-state index in [0.717, 1.165) is 45.7 Å². The number of ether oxygens (including phenoxy) is 1. The van der Waals surface area contributed by atoms with Crippen molar-refractivity contribution in [2.45, 2.75) is 64.0 Å². The van der Waals surface area contributed by atoms with Gasteiger partial charge >= 0.3 is 6.09 Å². The average molecular weight is 422 g/mol. The predicted molar refractivity (Wildman–Crippen MR) is 114 cm³/mol. The number of aromatic nitrogens is 2. The standard InChI is InChI=1S/C21H28ClN3O2S/c1-13-14(2)24-19(23-13)28-12-17-16-9-11-25(20(26)27-21(3,4)5)10-8-15(16)6-7-18(17)22/h6-7H,8-12H2,1-5H3,(H,23,24). The van der Waals surface area contributed by atoms with Crippen LogP contribution in [0.1, 0.15) is 48.8 Å². The number of carbonyl (C=O) groups excluding carboxylic acids is 1. The molecule has 0 bridgehead atoms. The molecular weight excluding hydrogens is 394 g/mol. The lowest BCUT2D eigenvalue weighted by molar-refractivity contribution is 0.0258. The van der Waals surface area contributed by atoms with Crippen LogP contribution < -0.4 is 0 Å². The van der Waals surface area contributed by atoms with E-state index in [2.05, 4.69) is 16.0 Å². The molecule has 0 unspecified atom stereocenters. The van der Waals surface area contributed by atoms with Crippen LogP contribution in [0, 0.1) is 13.8 Å². The zero-order valence-electron chi connectivity index (χ0n) is 17.2. The highest BCUT2D eigenvalue weighted by molar-refractivity contribution is 7.98. The molecule has 0 saturated heterocycles. The monoisotopic (exact) mass is 421 g/mol. The number of benzene rings is 1. The molecule has 1 amide bonds. The van der Waals surface area contributed by atoms with Crippen LogP contribution in [0.25, 0.3) is 0 Å². The lowest BCUT2D eigenvalue weighted by atomic mass is 9.98. The molecule has 1 N–H and O–H groups in total. The number of aryl methyl sites for hydroxylation is 2. The number of nitrogens with zero attached hydrogens (tertiary/aromatic N) is 2. The summed E-state index contributed by atoms with van der Waals surface area (Å²) in [6, 6.07) is 4.06. The number of fused-ring (bicyclic) bond motifs is 1. The van der Waals surface area contributed by atoms with E-state index in [-0.39, 0.29) is 6.09 Å². The maximum Gasteiger partial charge on any atom is 0.410 e. The first-order valence-electron chi connectivity index (χ1n) is 9.57. The molecule has 0 radical (unpaired) electrons. The van der Waals surface area contributed by atoms with Crippen LogP contribution in [0.2, 0.25) is 5.02 Å². The first-order chi connectivity index (χ1) is 13.1. The lowest BCUT2D eigenvalue weighted by Gasteiger charge is -2.26. The smallest absolute Gasteiger partial charge is 0.410 e. The van der Waals surface area contributed by atoms with Gasteiger partial charge < -0.3 is 14.6 Å². The van der Waals surface area contributed by atoms with Gasteiger partial charge in [-0.2, -0.15) is 0 Å². The highest BCUT2D eigenvalue weighted by Gasteiger charge is 2.25. The van der Waals surface area contributed by atoms with Crippen LogP contribution >= 0.6 is 23.4 Å². The number of amides is 1. The Kier molecular flexibility index (Phi) is 6.30. The van der Waals surface area contributed by atoms with Gasteiger partial charge in [-0.3, -0.25) is 0 Å². The van der Waals surface area contributed by atoms with Crippen molar-refractivity contribution in [3.63, 3.8) is 0 Å². The Hall–Kier alpha value is -1.66. The molecule has 1 aliphatic rings. The summed E-state index contributed by atoms with van der Waals surface area (Å²) in [5, 5.41) is 1.68. The molecule has 5 nitrogen and oxygen atoms in total. The SMILES string of the molecule is Cc1nc(SCc2c(Cl)ccc3c2CCN(C(=O)OC(C)(C)C)CC3)[nH]c1C. The van der Waals surface area contributed by atoms with Crippen molar-refractivity contribution in [2.24, 2.45) is 0 Å². The fourth-order valence-corrected chi connectivity index (χ4v) is 4.62. The molecule has 1 aliphatic heterocycles. The van der Waals surface area contributed by atoms with Crippen LogP contribution in [0.3, 0.4) is 0 Å². The molecule has 0 saturated carbocycles. The highest BCUT2D eigenvalue weighted by Crippen LogP contribution is 2.32. The molecular formula is C21H28ClN3O2S. The number of H-pyrrole nitrogens is 1. The number of rotatable bonds is 3. The molecule has 0 atom stereocenters. The van der Waals surface area contributed by atoms with Crippen molar-refractivity contribution < 1.29 is 9.53 Å². The van der Waals surface area contributed by atoms with E-state index in [0.29, 0.717) is 13.1 Å². The quantitative estimate of drug-likeness (QED) is 0.682. The van der Waals surface area contributed by atoms with E-state index in [1.165, 1.54) is 11.1 Å². The number of carbonyl (C=O) groups is 1. The number of thioether (sulfide) groups is 1. The zero-order valence-corrected chi connectivity index (χ0v) is 18.8. The number of hydrogen-bond acceptors (Lipinski definition) is 4. The van der Waals surface area contributed by atoms with Crippen molar-refractivity contribution in [1.29, 1.82) is 0 Å². The minimum Gasteiger partial charge on any atom is -0.444 e. The largest absolute Gasteiger partial charge is 0.444 e. The Balaban J connectivity index is 1.75. The van der Waals surface area contributed by atoms with Crippen molar-refractivity contribution in [2.75, 3.05) is 13.1 Å². The Bertz CT molecular complexity index is 854. The minimum atomic E-state index is -0.485. The molecule has 152 valence electrons. The van der Waals surface area contributed by atoms with Crippen LogP contribution in [-0.2, 0) is 23.3 Å². The van der Waals surface area contributed by atoms with Gasteiger partial charge in [-0.15, -0.1) is 0 Å². The number of hydrogen-bond donors (Lipinski definition) is 1. The molecule has 0 aliphatic carbocycles. The summed E-state index contributed by atoms with van der Waals surface area (Å²) in [7, 11) is 0. The molecule has 1 aromatic carbocycles. The van der Waals surface area contributed by atoms with Crippen LogP contribution in [0.4, 0.5) is 4.79 Å². The van der Waals surface area contributed by atoms with Crippen LogP contribution in [0.15, 0.2) is 17.3 Å². The van der Waals surface area contributed by atoms with Gasteiger partial charge in [0, 0.05) is 29.6 Å². The van der Waals surface area contributed by atoms with E-state index in [1.54, 1.807) is 16.7 Å². The number of aromatic amines is 1. The fourth-order valence-electron chi connectivity index (χ4n) is 3.26. The summed E-state index contributed by atoms with van der Waals surface area (Å²) in [6.45, 7) is 11.0. The van der Waals surface area contributed by atoms with Gasteiger partial charge in [0.15, 0.2) is 5.16 Å². The Morgan fingerprint density at radius 1 is 1.29 bits per heavy atom. The molecule has 1 aromatic heterocycles. The Labute approximate surface area is 176 Å². The van der Waals surface area contributed by atoms with Gasteiger partial charge in [0.25, 0.3) is 0 Å². The van der Waals surface area contributed by atoms with Crippen molar-refractivity contribution in [3.8, 4) is 0 Å². The third-order valence-corrected chi connectivity index (χ3v) is 6.12. The minimum absolute atomic E-state index is 0.246. The second-order valence-corrected chi connectivity index (χ2v) is 9.54. The summed E-state index contributed by atoms with van der Waals surface area (Å²) in [6.07, 6.45) is 1.34. The Morgan fingerprint density at radius 3 is 2.64 bits per heavy atom. The van der Waals surface area contributed by atoms with Gasteiger partial charge in [0.1, 0.15) is 5.60 Å². The van der Waals surface area contributed by atoms with Crippen LogP contribution in [-0.4, -0.2) is 39.7 Å². The van der Waals surface area contributed by atoms with Gasteiger partial charge in [-0.1, -0.05) is 29.4 Å². The number of nitrogens with one attached hydrogen (secondary N) is 1. The first kappa shape index (κ1) is 21.1. The second kappa shape index (κ2) is 8.37. The summed E-state index contributed by atoms with van der Waals surface area (Å²) in [5.74, 6) is 0.751. The van der Waals surface area contributed by atoms with E-state index in [9.17, 15) is 4.79 Å². The van der Waals surface area contributed by atoms with E-state index >= 15 is 0 Å². The first-order valence-corrected chi connectivity index (χ1v) is 10.9. The normalized spacial score (nSPS) is 14.6. The maximum absolute atomic E-state index is 12.5. The molecule has 2 aromatic rings. The topological polar surface area (TPSA) is 58.2 Å².